The van der Waals surface area contributed by atoms with E-state index in [1.165, 1.54) is 44.3 Å². The monoisotopic (exact) mass is 304 g/mol. The first-order chi connectivity index (χ1) is 10.2. The number of H-pyrrole nitrogens is 1. The lowest BCUT2D eigenvalue weighted by atomic mass is 10.1. The van der Waals surface area contributed by atoms with Crippen LogP contribution < -0.4 is 4.57 Å². The van der Waals surface area contributed by atoms with Gasteiger partial charge in [0.25, 0.3) is 0 Å². The van der Waals surface area contributed by atoms with E-state index >= 15 is 0 Å². The SMILES string of the molecule is CCCCCCCC[n+]1c(C)n(-c2ccccc2)[nH]c1=S. The summed E-state index contributed by atoms with van der Waals surface area (Å²) < 4.78 is 5.09. The highest BCUT2D eigenvalue weighted by Crippen LogP contribution is 2.08. The zero-order valence-corrected chi connectivity index (χ0v) is 14.0. The zero-order chi connectivity index (χ0) is 15.1. The van der Waals surface area contributed by atoms with Crippen LogP contribution in [-0.4, -0.2) is 9.78 Å². The molecule has 0 aliphatic heterocycles. The quantitative estimate of drug-likeness (QED) is 0.434. The Labute approximate surface area is 132 Å². The molecular formula is C17H26N3S+. The minimum absolute atomic E-state index is 0.810. The molecule has 0 spiro atoms. The Bertz CT molecular complexity index is 598. The summed E-state index contributed by atoms with van der Waals surface area (Å²) in [5.74, 6) is 1.17. The molecule has 0 aliphatic rings. The molecule has 1 heterocycles. The Morgan fingerprint density at radius 1 is 1.05 bits per heavy atom. The van der Waals surface area contributed by atoms with E-state index in [4.69, 9.17) is 12.2 Å². The molecule has 0 saturated heterocycles. The molecule has 3 nitrogen and oxygen atoms in total. The number of hydrogen-bond donors (Lipinski definition) is 1. The van der Waals surface area contributed by atoms with Crippen LogP contribution in [0.2, 0.25) is 0 Å². The molecule has 0 aliphatic carbocycles. The summed E-state index contributed by atoms with van der Waals surface area (Å²) in [5, 5.41) is 3.28. The molecule has 21 heavy (non-hydrogen) atoms. The maximum Gasteiger partial charge on any atom is 0.323 e. The molecule has 0 unspecified atom stereocenters. The molecule has 114 valence electrons. The highest BCUT2D eigenvalue weighted by Gasteiger charge is 2.15. The van der Waals surface area contributed by atoms with Gasteiger partial charge in [0.15, 0.2) is 0 Å². The molecule has 0 fully saturated rings. The molecule has 2 aromatic rings. The normalized spacial score (nSPS) is 11.0. The van der Waals surface area contributed by atoms with Crippen molar-refractivity contribution < 1.29 is 4.57 Å². The number of hydrogen-bond acceptors (Lipinski definition) is 1. The van der Waals surface area contributed by atoms with Gasteiger partial charge in [-0.15, -0.1) is 9.78 Å². The number of nitrogens with one attached hydrogen (secondary N) is 1. The van der Waals surface area contributed by atoms with Gasteiger partial charge in [-0.05, 0) is 30.8 Å². The van der Waals surface area contributed by atoms with Crippen molar-refractivity contribution in [2.24, 2.45) is 0 Å². The number of benzene rings is 1. The number of unbranched alkanes of at least 4 members (excludes halogenated alkanes) is 5. The van der Waals surface area contributed by atoms with Crippen LogP contribution in [0.4, 0.5) is 0 Å². The zero-order valence-electron chi connectivity index (χ0n) is 13.1. The van der Waals surface area contributed by atoms with Crippen LogP contribution in [0.1, 0.15) is 51.3 Å². The van der Waals surface area contributed by atoms with Gasteiger partial charge in [-0.3, -0.25) is 0 Å². The Kier molecular flexibility index (Phi) is 6.18. The lowest BCUT2D eigenvalue weighted by molar-refractivity contribution is -0.709. The van der Waals surface area contributed by atoms with Crippen LogP contribution in [0.3, 0.4) is 0 Å². The summed E-state index contributed by atoms with van der Waals surface area (Å²) >= 11 is 5.47. The first kappa shape index (κ1) is 16.0. The van der Waals surface area contributed by atoms with E-state index in [1.807, 2.05) is 18.2 Å². The van der Waals surface area contributed by atoms with Crippen LogP contribution in [0.5, 0.6) is 0 Å². The molecule has 2 rings (SSSR count). The topological polar surface area (TPSA) is 24.6 Å². The van der Waals surface area contributed by atoms with E-state index < -0.39 is 0 Å². The van der Waals surface area contributed by atoms with Crippen molar-refractivity contribution in [2.75, 3.05) is 0 Å². The average Bonchev–Trinajstić information content (AvgIpc) is 2.79. The second kappa shape index (κ2) is 8.13. The Hall–Kier alpha value is -1.42. The number of aromatic nitrogens is 3. The van der Waals surface area contributed by atoms with Crippen LogP contribution >= 0.6 is 12.2 Å². The fraction of sp³-hybridized carbons (Fsp3) is 0.529. The third kappa shape index (κ3) is 4.27. The maximum absolute atomic E-state index is 5.47. The van der Waals surface area contributed by atoms with Gasteiger partial charge in [0.05, 0.1) is 6.54 Å². The van der Waals surface area contributed by atoms with Crippen molar-refractivity contribution >= 4 is 12.2 Å². The predicted molar refractivity (Wildman–Crippen MR) is 89.3 cm³/mol. The maximum atomic E-state index is 5.47. The van der Waals surface area contributed by atoms with Crippen molar-refractivity contribution in [3.63, 3.8) is 0 Å². The first-order valence-corrected chi connectivity index (χ1v) is 8.41. The third-order valence-corrected chi connectivity index (χ3v) is 4.23. The van der Waals surface area contributed by atoms with Gasteiger partial charge in [-0.2, -0.15) is 0 Å². The summed E-state index contributed by atoms with van der Waals surface area (Å²) in [7, 11) is 0. The Morgan fingerprint density at radius 2 is 1.71 bits per heavy atom. The van der Waals surface area contributed by atoms with Gasteiger partial charge in [0.1, 0.15) is 5.69 Å². The molecule has 0 saturated carbocycles. The number of nitrogens with zero attached hydrogens (tertiary/aromatic N) is 2. The minimum Gasteiger partial charge on any atom is -0.222 e. The van der Waals surface area contributed by atoms with Gasteiger partial charge < -0.3 is 0 Å². The molecular weight excluding hydrogens is 278 g/mol. The summed E-state index contributed by atoms with van der Waals surface area (Å²) in [6.07, 6.45) is 7.85. The van der Waals surface area contributed by atoms with Crippen molar-refractivity contribution in [1.82, 2.24) is 9.78 Å². The number of aromatic amines is 1. The van der Waals surface area contributed by atoms with Gasteiger partial charge in [0, 0.05) is 6.92 Å². The van der Waals surface area contributed by atoms with E-state index in [0.29, 0.717) is 0 Å². The lowest BCUT2D eigenvalue weighted by Crippen LogP contribution is -2.37. The molecule has 1 N–H and O–H groups in total. The number of rotatable bonds is 8. The molecule has 1 aromatic heterocycles. The highest BCUT2D eigenvalue weighted by atomic mass is 32.1. The predicted octanol–water partition coefficient (Wildman–Crippen LogP) is 4.49. The summed E-state index contributed by atoms with van der Waals surface area (Å²) in [5.41, 5.74) is 1.13. The van der Waals surface area contributed by atoms with Crippen LogP contribution in [0.15, 0.2) is 30.3 Å². The van der Waals surface area contributed by atoms with Crippen molar-refractivity contribution in [3.05, 3.63) is 40.9 Å². The fourth-order valence-corrected chi connectivity index (χ4v) is 2.96. The minimum atomic E-state index is 0.810. The van der Waals surface area contributed by atoms with E-state index in [0.717, 1.165) is 17.0 Å². The standard InChI is InChI=1S/C17H25N3S/c1-3-4-5-6-7-11-14-19-15(2)20(18-17(19)21)16-12-9-8-10-13-16/h8-10,12-13H,3-7,11,14H2,1-2H3/p+1. The van der Waals surface area contributed by atoms with E-state index in [9.17, 15) is 0 Å². The summed E-state index contributed by atoms with van der Waals surface area (Å²) in [4.78, 5) is 0. The van der Waals surface area contributed by atoms with Gasteiger partial charge in [0.2, 0.25) is 5.82 Å². The molecule has 0 radical (unpaired) electrons. The van der Waals surface area contributed by atoms with E-state index in [1.54, 1.807) is 0 Å². The number of para-hydroxylation sites is 1. The third-order valence-electron chi connectivity index (χ3n) is 3.92. The fourth-order valence-electron chi connectivity index (χ4n) is 2.65. The molecule has 0 atom stereocenters. The molecule has 0 bridgehead atoms. The summed E-state index contributed by atoms with van der Waals surface area (Å²) in [6.45, 7) is 5.38. The largest absolute Gasteiger partial charge is 0.323 e. The molecule has 0 amide bonds. The van der Waals surface area contributed by atoms with E-state index in [2.05, 4.69) is 40.3 Å². The Morgan fingerprint density at radius 3 is 2.43 bits per heavy atom. The second-order valence-corrected chi connectivity index (χ2v) is 5.94. The lowest BCUT2D eigenvalue weighted by Gasteiger charge is -2.01. The Balaban J connectivity index is 1.98. The first-order valence-electron chi connectivity index (χ1n) is 8.01. The molecule has 1 aromatic carbocycles. The van der Waals surface area contributed by atoms with Crippen LogP contribution in [-0.2, 0) is 6.54 Å². The van der Waals surface area contributed by atoms with Crippen molar-refractivity contribution in [2.45, 2.75) is 58.9 Å². The highest BCUT2D eigenvalue weighted by molar-refractivity contribution is 7.71. The smallest absolute Gasteiger partial charge is 0.222 e. The van der Waals surface area contributed by atoms with Crippen LogP contribution in [0, 0.1) is 11.7 Å². The van der Waals surface area contributed by atoms with Gasteiger partial charge in [-0.25, -0.2) is 4.57 Å². The second-order valence-electron chi connectivity index (χ2n) is 5.55. The van der Waals surface area contributed by atoms with Crippen LogP contribution in [0.25, 0.3) is 5.69 Å². The van der Waals surface area contributed by atoms with Crippen molar-refractivity contribution in [1.29, 1.82) is 0 Å². The van der Waals surface area contributed by atoms with E-state index in [-0.39, 0.29) is 0 Å². The molecule has 4 heteroatoms. The van der Waals surface area contributed by atoms with Gasteiger partial charge >= 0.3 is 4.77 Å². The van der Waals surface area contributed by atoms with Crippen molar-refractivity contribution in [3.8, 4) is 5.69 Å². The average molecular weight is 304 g/mol. The van der Waals surface area contributed by atoms with Gasteiger partial charge in [-0.1, -0.05) is 57.2 Å². The summed E-state index contributed by atoms with van der Waals surface area (Å²) in [6, 6.07) is 10.3.